The molecule has 3 rings (SSSR count). The molecule has 0 amide bonds. The van der Waals surface area contributed by atoms with Gasteiger partial charge in [-0.3, -0.25) is 0 Å². The van der Waals surface area contributed by atoms with Gasteiger partial charge in [-0.25, -0.2) is 0 Å². The summed E-state index contributed by atoms with van der Waals surface area (Å²) < 4.78 is 25.7. The topological polar surface area (TPSA) is 0 Å². The van der Waals surface area contributed by atoms with Gasteiger partial charge < -0.3 is 0 Å². The molecule has 0 unspecified atom stereocenters. The lowest BCUT2D eigenvalue weighted by Crippen LogP contribution is -1.90. The van der Waals surface area contributed by atoms with Gasteiger partial charge in [0.15, 0.2) is 0 Å². The van der Waals surface area contributed by atoms with Crippen LogP contribution in [0.15, 0.2) is 46.9 Å². The Balaban J connectivity index is 1.99. The van der Waals surface area contributed by atoms with Crippen molar-refractivity contribution in [3.05, 3.63) is 68.7 Å². The second-order valence-electron chi connectivity index (χ2n) is 4.43. The lowest BCUT2D eigenvalue weighted by Gasteiger charge is -2.06. The molecule has 2 heteroatoms. The molecule has 2 aromatic carbocycles. The van der Waals surface area contributed by atoms with Gasteiger partial charge in [-0.2, -0.15) is 0 Å². The van der Waals surface area contributed by atoms with Crippen molar-refractivity contribution >= 4 is 27.5 Å². The van der Waals surface area contributed by atoms with Gasteiger partial charge in [-0.15, -0.1) is 0 Å². The standard InChI is InChI=1S/C16H14BrCl/c17-15-7-8-16(18)14(10-15)9-11-1-3-12(4-2-11)13-5-6-13/h1-4,7-8,10,13H,5-6,9H2/i9D2,13D. The Labute approximate surface area is 125 Å². The largest absolute Gasteiger partial charge is 0.0840 e. The molecule has 0 aliphatic heterocycles. The maximum absolute atomic E-state index is 8.40. The van der Waals surface area contributed by atoms with Crippen molar-refractivity contribution in [2.75, 3.05) is 0 Å². The molecule has 1 aliphatic rings. The molecule has 0 atom stereocenters. The highest BCUT2D eigenvalue weighted by molar-refractivity contribution is 9.10. The third-order valence-corrected chi connectivity index (χ3v) is 3.82. The summed E-state index contributed by atoms with van der Waals surface area (Å²) in [6.07, 6.45) is 0.103. The normalized spacial score (nSPS) is 19.8. The highest BCUT2D eigenvalue weighted by Gasteiger charge is 2.22. The molecule has 1 aliphatic carbocycles. The smallest absolute Gasteiger partial charge is 0.0442 e. The van der Waals surface area contributed by atoms with Gasteiger partial charge >= 0.3 is 0 Å². The summed E-state index contributed by atoms with van der Waals surface area (Å²) in [5.41, 5.74) is 1.95. The number of halogens is 2. The Morgan fingerprint density at radius 2 is 1.94 bits per heavy atom. The average molecular weight is 325 g/mol. The second kappa shape index (κ2) is 5.07. The van der Waals surface area contributed by atoms with Crippen LogP contribution in [0.1, 0.15) is 39.5 Å². The summed E-state index contributed by atoms with van der Waals surface area (Å²) in [6, 6.07) is 12.4. The van der Waals surface area contributed by atoms with Crippen LogP contribution in [0.2, 0.25) is 5.02 Å². The van der Waals surface area contributed by atoms with Crippen molar-refractivity contribution in [3.63, 3.8) is 0 Å². The molecular formula is C16H14BrCl. The lowest BCUT2D eigenvalue weighted by molar-refractivity contribution is 1.11. The van der Waals surface area contributed by atoms with Crippen LogP contribution < -0.4 is 0 Å². The first kappa shape index (κ1) is 9.17. The zero-order chi connectivity index (χ0) is 15.3. The maximum atomic E-state index is 8.40. The number of hydrogen-bond acceptors (Lipinski definition) is 0. The predicted molar refractivity (Wildman–Crippen MR) is 80.4 cm³/mol. The van der Waals surface area contributed by atoms with Crippen LogP contribution in [0.4, 0.5) is 0 Å². The van der Waals surface area contributed by atoms with E-state index in [0.29, 0.717) is 16.1 Å². The third-order valence-electron chi connectivity index (χ3n) is 3.00. The monoisotopic (exact) mass is 323 g/mol. The number of hydrogen-bond donors (Lipinski definition) is 0. The quantitative estimate of drug-likeness (QED) is 0.692. The van der Waals surface area contributed by atoms with Gasteiger partial charge in [0.2, 0.25) is 0 Å². The van der Waals surface area contributed by atoms with Gasteiger partial charge in [-0.05, 0) is 60.0 Å². The molecule has 18 heavy (non-hydrogen) atoms. The SMILES string of the molecule is [2H]C1(c2ccc(C([2H])([2H])c3cc(Br)ccc3Cl)cc2)CC1. The molecule has 0 nitrogen and oxygen atoms in total. The first-order valence-corrected chi connectivity index (χ1v) is 7.07. The minimum Gasteiger partial charge on any atom is -0.0840 e. The molecule has 0 radical (unpaired) electrons. The van der Waals surface area contributed by atoms with Crippen LogP contribution in [-0.4, -0.2) is 0 Å². The van der Waals surface area contributed by atoms with Crippen LogP contribution >= 0.6 is 27.5 Å². The minimum absolute atomic E-state index is 0.409. The van der Waals surface area contributed by atoms with Gasteiger partial charge in [0, 0.05) is 13.6 Å². The van der Waals surface area contributed by atoms with E-state index in [9.17, 15) is 0 Å². The van der Waals surface area contributed by atoms with E-state index in [1.165, 1.54) is 0 Å². The Morgan fingerprint density at radius 1 is 1.22 bits per heavy atom. The fourth-order valence-electron chi connectivity index (χ4n) is 1.89. The highest BCUT2D eigenvalue weighted by atomic mass is 79.9. The molecule has 1 fully saturated rings. The molecule has 0 N–H and O–H groups in total. The predicted octanol–water partition coefficient (Wildman–Crippen LogP) is 5.57. The molecule has 0 spiro atoms. The van der Waals surface area contributed by atoms with Crippen LogP contribution in [0, 0.1) is 0 Å². The van der Waals surface area contributed by atoms with Crippen molar-refractivity contribution in [2.45, 2.75) is 25.1 Å². The van der Waals surface area contributed by atoms with E-state index in [4.69, 9.17) is 15.7 Å². The van der Waals surface area contributed by atoms with Gasteiger partial charge in [0.25, 0.3) is 0 Å². The number of benzene rings is 2. The van der Waals surface area contributed by atoms with Gasteiger partial charge in [0.05, 0.1) is 0 Å². The zero-order valence-electron chi connectivity index (χ0n) is 12.7. The van der Waals surface area contributed by atoms with E-state index in [-0.39, 0.29) is 0 Å². The Bertz CT molecular complexity index is 678. The molecule has 0 aromatic heterocycles. The maximum Gasteiger partial charge on any atom is 0.0442 e. The lowest BCUT2D eigenvalue weighted by atomic mass is 10.0. The Kier molecular flexibility index (Phi) is 2.58. The van der Waals surface area contributed by atoms with Crippen LogP contribution in [-0.2, 0) is 6.37 Å². The summed E-state index contributed by atoms with van der Waals surface area (Å²) in [6.45, 7) is 0. The number of rotatable bonds is 3. The average Bonchev–Trinajstić information content (AvgIpc) is 3.21. The first-order valence-electron chi connectivity index (χ1n) is 7.39. The first-order chi connectivity index (χ1) is 9.83. The van der Waals surface area contributed by atoms with Crippen LogP contribution in [0.25, 0.3) is 0 Å². The molecule has 0 heterocycles. The Morgan fingerprint density at radius 3 is 2.61 bits per heavy atom. The summed E-state index contributed by atoms with van der Waals surface area (Å²) in [7, 11) is 0. The highest BCUT2D eigenvalue weighted by Crippen LogP contribution is 2.40. The summed E-state index contributed by atoms with van der Waals surface area (Å²) in [4.78, 5) is 0. The molecular weight excluding hydrogens is 308 g/mol. The van der Waals surface area contributed by atoms with Crippen LogP contribution in [0.3, 0.4) is 0 Å². The zero-order valence-corrected chi connectivity index (χ0v) is 12.1. The molecule has 1 saturated carbocycles. The van der Waals surface area contributed by atoms with Crippen LogP contribution in [0.5, 0.6) is 0 Å². The van der Waals surface area contributed by atoms with E-state index in [0.717, 1.165) is 22.9 Å². The molecule has 0 bridgehead atoms. The second-order valence-corrected chi connectivity index (χ2v) is 5.75. The third kappa shape index (κ3) is 2.78. The van der Waals surface area contributed by atoms with Gasteiger partial charge in [-0.1, -0.05) is 51.8 Å². The van der Waals surface area contributed by atoms with Crippen molar-refractivity contribution in [3.8, 4) is 0 Å². The summed E-state index contributed by atoms with van der Waals surface area (Å²) in [5.74, 6) is -0.446. The van der Waals surface area contributed by atoms with Gasteiger partial charge in [0.1, 0.15) is 0 Å². The van der Waals surface area contributed by atoms with E-state index in [2.05, 4.69) is 15.9 Å². The van der Waals surface area contributed by atoms with Crippen molar-refractivity contribution in [2.24, 2.45) is 0 Å². The van der Waals surface area contributed by atoms with Crippen molar-refractivity contribution < 1.29 is 4.11 Å². The van der Waals surface area contributed by atoms with Crippen molar-refractivity contribution in [1.82, 2.24) is 0 Å². The molecule has 2 aromatic rings. The van der Waals surface area contributed by atoms with E-state index < -0.39 is 12.3 Å². The van der Waals surface area contributed by atoms with E-state index >= 15 is 0 Å². The van der Waals surface area contributed by atoms with E-state index in [1.54, 1.807) is 30.3 Å². The minimum atomic E-state index is -1.67. The fraction of sp³-hybridized carbons (Fsp3) is 0.250. The summed E-state index contributed by atoms with van der Waals surface area (Å²) in [5, 5.41) is 0.409. The van der Waals surface area contributed by atoms with Crippen molar-refractivity contribution in [1.29, 1.82) is 0 Å². The summed E-state index contributed by atoms with van der Waals surface area (Å²) >= 11 is 9.51. The molecule has 92 valence electrons. The fourth-order valence-corrected chi connectivity index (χ4v) is 2.42. The molecule has 0 saturated heterocycles. The van der Waals surface area contributed by atoms with E-state index in [1.807, 2.05) is 12.1 Å². The Hall–Kier alpha value is -0.790.